The molecule has 22 heavy (non-hydrogen) atoms. The number of nitrogens with zero attached hydrogens (tertiary/aromatic N) is 2. The minimum atomic E-state index is 0.0393. The molecular formula is C18H23N3O. The summed E-state index contributed by atoms with van der Waals surface area (Å²) in [6.45, 7) is 7.33. The van der Waals surface area contributed by atoms with Crippen molar-refractivity contribution in [1.29, 1.82) is 0 Å². The van der Waals surface area contributed by atoms with Gasteiger partial charge in [-0.2, -0.15) is 0 Å². The van der Waals surface area contributed by atoms with Crippen LogP contribution < -0.4 is 10.5 Å². The van der Waals surface area contributed by atoms with E-state index >= 15 is 0 Å². The zero-order chi connectivity index (χ0) is 15.1. The van der Waals surface area contributed by atoms with Gasteiger partial charge >= 0.3 is 0 Å². The minimum Gasteiger partial charge on any atom is -0.365 e. The lowest BCUT2D eigenvalue weighted by molar-refractivity contribution is 0.248. The van der Waals surface area contributed by atoms with Crippen molar-refractivity contribution in [3.63, 3.8) is 0 Å². The normalized spacial score (nSPS) is 19.8. The fourth-order valence-corrected chi connectivity index (χ4v) is 3.44. The number of pyridine rings is 1. The number of nitrogens with one attached hydrogen (secondary N) is 1. The summed E-state index contributed by atoms with van der Waals surface area (Å²) in [6, 6.07) is 8.21. The summed E-state index contributed by atoms with van der Waals surface area (Å²) in [7, 11) is 0. The Morgan fingerprint density at radius 2 is 1.95 bits per heavy atom. The van der Waals surface area contributed by atoms with Gasteiger partial charge in [0, 0.05) is 38.1 Å². The molecule has 1 saturated heterocycles. The molecule has 2 aliphatic rings. The number of H-pyrrole nitrogens is 1. The molecule has 2 aromatic rings. The summed E-state index contributed by atoms with van der Waals surface area (Å²) in [4.78, 5) is 20.3. The van der Waals surface area contributed by atoms with Gasteiger partial charge in [-0.1, -0.05) is 18.2 Å². The molecule has 1 aromatic heterocycles. The summed E-state index contributed by atoms with van der Waals surface area (Å²) >= 11 is 0. The Labute approximate surface area is 130 Å². The predicted molar refractivity (Wildman–Crippen MR) is 90.7 cm³/mol. The highest BCUT2D eigenvalue weighted by Gasteiger charge is 2.27. The van der Waals surface area contributed by atoms with Crippen molar-refractivity contribution < 1.29 is 0 Å². The predicted octanol–water partition coefficient (Wildman–Crippen LogP) is 2.37. The largest absolute Gasteiger partial charge is 0.365 e. The molecule has 0 amide bonds. The Bertz CT molecular complexity index is 740. The Hall–Kier alpha value is -1.81. The highest BCUT2D eigenvalue weighted by molar-refractivity contribution is 5.84. The van der Waals surface area contributed by atoms with Crippen LogP contribution in [-0.4, -0.2) is 42.6 Å². The first-order chi connectivity index (χ1) is 10.7. The molecule has 4 rings (SSSR count). The number of anilines is 1. The van der Waals surface area contributed by atoms with Gasteiger partial charge in [0.05, 0.1) is 5.52 Å². The van der Waals surface area contributed by atoms with Gasteiger partial charge in [-0.25, -0.2) is 0 Å². The van der Waals surface area contributed by atoms with Crippen LogP contribution in [0.4, 0.5) is 5.69 Å². The molecule has 4 heteroatoms. The van der Waals surface area contributed by atoms with E-state index in [9.17, 15) is 4.79 Å². The molecule has 0 atom stereocenters. The Morgan fingerprint density at radius 1 is 1.18 bits per heavy atom. The second kappa shape index (κ2) is 5.43. The van der Waals surface area contributed by atoms with Gasteiger partial charge in [0.15, 0.2) is 0 Å². The number of aromatic amines is 1. The van der Waals surface area contributed by atoms with Gasteiger partial charge in [0.1, 0.15) is 5.69 Å². The lowest BCUT2D eigenvalue weighted by Crippen LogP contribution is -2.48. The van der Waals surface area contributed by atoms with Crippen LogP contribution in [-0.2, 0) is 0 Å². The zero-order valence-corrected chi connectivity index (χ0v) is 13.1. The number of piperazine rings is 1. The number of fused-ring (bicyclic) bond motifs is 1. The number of hydrogen-bond acceptors (Lipinski definition) is 3. The average molecular weight is 297 g/mol. The molecule has 1 aliphatic heterocycles. The summed E-state index contributed by atoms with van der Waals surface area (Å²) < 4.78 is 0. The van der Waals surface area contributed by atoms with E-state index in [-0.39, 0.29) is 5.56 Å². The van der Waals surface area contributed by atoms with Crippen LogP contribution in [0.3, 0.4) is 0 Å². The highest BCUT2D eigenvalue weighted by atomic mass is 16.1. The quantitative estimate of drug-likeness (QED) is 0.945. The van der Waals surface area contributed by atoms with E-state index in [1.807, 2.05) is 19.1 Å². The topological polar surface area (TPSA) is 39.3 Å². The summed E-state index contributed by atoms with van der Waals surface area (Å²) in [5, 5.41) is 1.12. The van der Waals surface area contributed by atoms with E-state index in [0.29, 0.717) is 0 Å². The maximum absolute atomic E-state index is 12.4. The summed E-state index contributed by atoms with van der Waals surface area (Å²) in [6.07, 6.45) is 2.81. The van der Waals surface area contributed by atoms with Crippen LogP contribution in [0.25, 0.3) is 10.9 Å². The third-order valence-corrected chi connectivity index (χ3v) is 4.99. The second-order valence-electron chi connectivity index (χ2n) is 6.75. The third kappa shape index (κ3) is 2.63. The molecule has 4 nitrogen and oxygen atoms in total. The number of hydrogen-bond donors (Lipinski definition) is 1. The first-order valence-corrected chi connectivity index (χ1v) is 8.30. The average Bonchev–Trinajstić information content (AvgIpc) is 3.33. The lowest BCUT2D eigenvalue weighted by Gasteiger charge is -2.35. The van der Waals surface area contributed by atoms with Crippen LogP contribution in [0.15, 0.2) is 29.1 Å². The monoisotopic (exact) mass is 297 g/mol. The van der Waals surface area contributed by atoms with Crippen molar-refractivity contribution in [2.75, 3.05) is 37.6 Å². The van der Waals surface area contributed by atoms with E-state index in [1.54, 1.807) is 0 Å². The van der Waals surface area contributed by atoms with Crippen molar-refractivity contribution in [1.82, 2.24) is 9.88 Å². The summed E-state index contributed by atoms with van der Waals surface area (Å²) in [5.41, 5.74) is 2.95. The molecule has 116 valence electrons. The summed E-state index contributed by atoms with van der Waals surface area (Å²) in [5.74, 6) is 0.943. The van der Waals surface area contributed by atoms with Crippen LogP contribution in [0.2, 0.25) is 0 Å². The van der Waals surface area contributed by atoms with Gasteiger partial charge in [-0.15, -0.1) is 0 Å². The van der Waals surface area contributed by atoms with E-state index < -0.39 is 0 Å². The maximum atomic E-state index is 12.4. The van der Waals surface area contributed by atoms with Crippen LogP contribution >= 0.6 is 0 Å². The molecule has 0 unspecified atom stereocenters. The fourth-order valence-electron chi connectivity index (χ4n) is 3.44. The van der Waals surface area contributed by atoms with E-state index in [1.165, 1.54) is 19.4 Å². The van der Waals surface area contributed by atoms with Gasteiger partial charge in [-0.05, 0) is 37.3 Å². The van der Waals surface area contributed by atoms with Crippen molar-refractivity contribution >= 4 is 16.6 Å². The zero-order valence-electron chi connectivity index (χ0n) is 13.1. The SMILES string of the molecule is Cc1cccc2cc(N3CCN(CC4CC4)CC3)c(=O)[nH]c12. The molecule has 0 spiro atoms. The van der Waals surface area contributed by atoms with Crippen molar-refractivity contribution in [2.24, 2.45) is 5.92 Å². The first-order valence-electron chi connectivity index (χ1n) is 8.30. The van der Waals surface area contributed by atoms with Crippen LogP contribution in [0.1, 0.15) is 18.4 Å². The number of aryl methyl sites for hydroxylation is 1. The fraction of sp³-hybridized carbons (Fsp3) is 0.500. The van der Waals surface area contributed by atoms with Crippen molar-refractivity contribution in [2.45, 2.75) is 19.8 Å². The molecular weight excluding hydrogens is 274 g/mol. The molecule has 1 aromatic carbocycles. The smallest absolute Gasteiger partial charge is 0.271 e. The molecule has 1 saturated carbocycles. The van der Waals surface area contributed by atoms with Gasteiger partial charge in [-0.3, -0.25) is 9.69 Å². The minimum absolute atomic E-state index is 0.0393. The number of benzene rings is 1. The lowest BCUT2D eigenvalue weighted by atomic mass is 10.1. The molecule has 2 fully saturated rings. The Morgan fingerprint density at radius 3 is 2.68 bits per heavy atom. The number of rotatable bonds is 3. The number of aromatic nitrogens is 1. The maximum Gasteiger partial charge on any atom is 0.271 e. The van der Waals surface area contributed by atoms with E-state index in [0.717, 1.165) is 54.3 Å². The molecule has 0 radical (unpaired) electrons. The highest BCUT2D eigenvalue weighted by Crippen LogP contribution is 2.30. The van der Waals surface area contributed by atoms with Crippen molar-refractivity contribution in [3.05, 3.63) is 40.2 Å². The van der Waals surface area contributed by atoms with Crippen molar-refractivity contribution in [3.8, 4) is 0 Å². The number of para-hydroxylation sites is 1. The standard InChI is InChI=1S/C18H23N3O/c1-13-3-2-4-15-11-16(18(22)19-17(13)15)21-9-7-20(8-10-21)12-14-5-6-14/h2-4,11,14H,5-10,12H2,1H3,(H,19,22). The van der Waals surface area contributed by atoms with E-state index in [4.69, 9.17) is 0 Å². The Kier molecular flexibility index (Phi) is 3.41. The molecule has 2 heterocycles. The molecule has 0 bridgehead atoms. The van der Waals surface area contributed by atoms with Crippen LogP contribution in [0, 0.1) is 12.8 Å². The van der Waals surface area contributed by atoms with Gasteiger partial charge in [0.25, 0.3) is 5.56 Å². The van der Waals surface area contributed by atoms with Gasteiger partial charge in [0.2, 0.25) is 0 Å². The van der Waals surface area contributed by atoms with E-state index in [2.05, 4.69) is 26.9 Å². The first kappa shape index (κ1) is 13.8. The van der Waals surface area contributed by atoms with Crippen LogP contribution in [0.5, 0.6) is 0 Å². The third-order valence-electron chi connectivity index (χ3n) is 4.99. The Balaban J connectivity index is 1.56. The molecule has 1 aliphatic carbocycles. The van der Waals surface area contributed by atoms with Gasteiger partial charge < -0.3 is 9.88 Å². The second-order valence-corrected chi connectivity index (χ2v) is 6.75. The molecule has 1 N–H and O–H groups in total.